The van der Waals surface area contributed by atoms with Crippen LogP contribution >= 0.6 is 0 Å². The van der Waals surface area contributed by atoms with Gasteiger partial charge in [-0.05, 0) is 37.1 Å². The zero-order valence-corrected chi connectivity index (χ0v) is 22.8. The Morgan fingerprint density at radius 1 is 0.902 bits per heavy atom. The molecule has 2 aliphatic rings. The van der Waals surface area contributed by atoms with Crippen molar-refractivity contribution in [1.29, 1.82) is 0 Å². The van der Waals surface area contributed by atoms with Crippen molar-refractivity contribution in [3.05, 3.63) is 84.6 Å². The molecule has 2 fully saturated rings. The SMILES string of the molecule is CC(N)(c1ccc(F)cc1)c1cnc(N2CCN(c3ncnn4cc(-c5cnn([C@@H]6CCOC6)c5)cc34)CC2)nc1. The molecule has 2 saturated heterocycles. The number of aromatic nitrogens is 7. The Balaban J connectivity index is 1.05. The van der Waals surface area contributed by atoms with Gasteiger partial charge in [-0.3, -0.25) is 4.68 Å². The molecule has 0 bridgehead atoms. The monoisotopic (exact) mass is 554 g/mol. The molecule has 0 spiro atoms. The third-order valence-electron chi connectivity index (χ3n) is 8.14. The van der Waals surface area contributed by atoms with Gasteiger partial charge in [0.2, 0.25) is 5.95 Å². The maximum atomic E-state index is 13.4. The van der Waals surface area contributed by atoms with E-state index in [-0.39, 0.29) is 5.82 Å². The van der Waals surface area contributed by atoms with Crippen LogP contribution in [0.3, 0.4) is 0 Å². The number of anilines is 2. The molecule has 2 atom stereocenters. The molecule has 0 amide bonds. The minimum Gasteiger partial charge on any atom is -0.379 e. The Bertz CT molecular complexity index is 1650. The number of fused-ring (bicyclic) bond motifs is 1. The fourth-order valence-electron chi connectivity index (χ4n) is 5.57. The highest BCUT2D eigenvalue weighted by Gasteiger charge is 2.27. The van der Waals surface area contributed by atoms with Crippen molar-refractivity contribution in [3.63, 3.8) is 0 Å². The lowest BCUT2D eigenvalue weighted by Crippen LogP contribution is -2.47. The van der Waals surface area contributed by atoms with Gasteiger partial charge in [0, 0.05) is 74.3 Å². The Labute approximate surface area is 236 Å². The Morgan fingerprint density at radius 3 is 2.39 bits per heavy atom. The second-order valence-corrected chi connectivity index (χ2v) is 10.8. The van der Waals surface area contributed by atoms with Crippen LogP contribution in [-0.4, -0.2) is 73.7 Å². The van der Waals surface area contributed by atoms with E-state index in [1.165, 1.54) is 12.1 Å². The van der Waals surface area contributed by atoms with Crippen LogP contribution in [0.1, 0.15) is 30.5 Å². The number of nitrogens with two attached hydrogens (primary N) is 1. The Hall–Kier alpha value is -4.42. The first-order valence-corrected chi connectivity index (χ1v) is 13.8. The summed E-state index contributed by atoms with van der Waals surface area (Å²) in [5.74, 6) is 1.26. The van der Waals surface area contributed by atoms with Crippen LogP contribution in [0, 0.1) is 5.82 Å². The number of ether oxygens (including phenoxy) is 1. The molecule has 12 heteroatoms. The molecule has 5 aromatic rings. The summed E-state index contributed by atoms with van der Waals surface area (Å²) in [6.07, 6.45) is 12.1. The van der Waals surface area contributed by atoms with E-state index in [9.17, 15) is 4.39 Å². The number of benzene rings is 1. The summed E-state index contributed by atoms with van der Waals surface area (Å²) in [4.78, 5) is 18.3. The van der Waals surface area contributed by atoms with Crippen LogP contribution < -0.4 is 15.5 Å². The molecule has 1 unspecified atom stereocenters. The second kappa shape index (κ2) is 10.2. The zero-order chi connectivity index (χ0) is 28.0. The Morgan fingerprint density at radius 2 is 1.66 bits per heavy atom. The maximum absolute atomic E-state index is 13.4. The van der Waals surface area contributed by atoms with Crippen LogP contribution in [0.4, 0.5) is 16.2 Å². The minimum atomic E-state index is -0.830. The van der Waals surface area contributed by atoms with Gasteiger partial charge in [0.05, 0.1) is 24.4 Å². The van der Waals surface area contributed by atoms with E-state index in [2.05, 4.69) is 47.2 Å². The van der Waals surface area contributed by atoms with Crippen molar-refractivity contribution in [1.82, 2.24) is 34.3 Å². The normalized spacial score (nSPS) is 19.1. The van der Waals surface area contributed by atoms with Crippen molar-refractivity contribution < 1.29 is 9.13 Å². The fourth-order valence-corrected chi connectivity index (χ4v) is 5.57. The summed E-state index contributed by atoms with van der Waals surface area (Å²) in [5, 5.41) is 9.03. The molecule has 11 nitrogen and oxygen atoms in total. The first kappa shape index (κ1) is 25.5. The molecule has 0 aliphatic carbocycles. The van der Waals surface area contributed by atoms with Gasteiger partial charge in [-0.1, -0.05) is 12.1 Å². The van der Waals surface area contributed by atoms with Crippen LogP contribution in [-0.2, 0) is 10.3 Å². The molecule has 2 N–H and O–H groups in total. The summed E-state index contributed by atoms with van der Waals surface area (Å²) in [6.45, 7) is 6.39. The third-order valence-corrected chi connectivity index (χ3v) is 8.14. The summed E-state index contributed by atoms with van der Waals surface area (Å²) >= 11 is 0. The largest absolute Gasteiger partial charge is 0.379 e. The van der Waals surface area contributed by atoms with E-state index < -0.39 is 5.54 Å². The molecule has 7 rings (SSSR count). The van der Waals surface area contributed by atoms with Gasteiger partial charge in [0.25, 0.3) is 0 Å². The van der Waals surface area contributed by atoms with E-state index in [4.69, 9.17) is 10.5 Å². The van der Waals surface area contributed by atoms with E-state index in [0.717, 1.165) is 72.8 Å². The van der Waals surface area contributed by atoms with Crippen LogP contribution in [0.15, 0.2) is 67.6 Å². The minimum absolute atomic E-state index is 0.294. The van der Waals surface area contributed by atoms with Crippen molar-refractivity contribution in [2.24, 2.45) is 5.73 Å². The predicted molar refractivity (Wildman–Crippen MR) is 152 cm³/mol. The highest BCUT2D eigenvalue weighted by Crippen LogP contribution is 2.30. The lowest BCUT2D eigenvalue weighted by Gasteiger charge is -2.35. The smallest absolute Gasteiger partial charge is 0.225 e. The van der Waals surface area contributed by atoms with Gasteiger partial charge in [0.1, 0.15) is 17.7 Å². The molecule has 0 saturated carbocycles. The van der Waals surface area contributed by atoms with E-state index in [1.807, 2.05) is 28.5 Å². The lowest BCUT2D eigenvalue weighted by molar-refractivity contribution is 0.184. The average Bonchev–Trinajstić information content (AvgIpc) is 3.78. The quantitative estimate of drug-likeness (QED) is 0.338. The average molecular weight is 555 g/mol. The summed E-state index contributed by atoms with van der Waals surface area (Å²) in [6, 6.07) is 8.63. The first-order valence-electron chi connectivity index (χ1n) is 13.8. The number of piperazine rings is 1. The highest BCUT2D eigenvalue weighted by molar-refractivity contribution is 5.77. The molecule has 210 valence electrons. The third kappa shape index (κ3) is 4.78. The topological polar surface area (TPSA) is 116 Å². The van der Waals surface area contributed by atoms with E-state index >= 15 is 0 Å². The van der Waals surface area contributed by atoms with Gasteiger partial charge in [-0.25, -0.2) is 23.9 Å². The van der Waals surface area contributed by atoms with Crippen molar-refractivity contribution in [2.75, 3.05) is 49.2 Å². The number of rotatable bonds is 6. The number of halogens is 1. The molecular formula is C29H31FN10O. The van der Waals surface area contributed by atoms with Crippen molar-refractivity contribution in [3.8, 4) is 11.1 Å². The Kier molecular flexibility index (Phi) is 6.36. The summed E-state index contributed by atoms with van der Waals surface area (Å²) < 4.78 is 22.8. The molecular weight excluding hydrogens is 523 g/mol. The number of hydrogen-bond donors (Lipinski definition) is 1. The molecule has 1 aromatic carbocycles. The lowest BCUT2D eigenvalue weighted by atomic mass is 9.87. The maximum Gasteiger partial charge on any atom is 0.225 e. The number of hydrogen-bond acceptors (Lipinski definition) is 9. The van der Waals surface area contributed by atoms with Crippen molar-refractivity contribution >= 4 is 17.3 Å². The molecule has 0 radical (unpaired) electrons. The molecule has 41 heavy (non-hydrogen) atoms. The van der Waals surface area contributed by atoms with E-state index in [1.54, 1.807) is 30.9 Å². The zero-order valence-electron chi connectivity index (χ0n) is 22.8. The van der Waals surface area contributed by atoms with Crippen LogP contribution in [0.25, 0.3) is 16.6 Å². The van der Waals surface area contributed by atoms with E-state index in [0.29, 0.717) is 18.6 Å². The fraction of sp³-hybridized carbons (Fsp3) is 0.345. The molecule has 2 aliphatic heterocycles. The van der Waals surface area contributed by atoms with Crippen molar-refractivity contribution in [2.45, 2.75) is 24.9 Å². The first-order chi connectivity index (χ1) is 20.0. The highest BCUT2D eigenvalue weighted by atomic mass is 19.1. The van der Waals surface area contributed by atoms with Crippen LogP contribution in [0.2, 0.25) is 0 Å². The predicted octanol–water partition coefficient (Wildman–Crippen LogP) is 3.03. The van der Waals surface area contributed by atoms with Gasteiger partial charge >= 0.3 is 0 Å². The standard InChI is InChI=1S/C29H31FN10O/c1-29(31,22-2-4-24(30)5-3-22)23-14-32-28(33-15-23)38-9-7-37(8-10-38)27-26-12-20(16-40(26)36-19-34-27)21-13-35-39(17-21)25-6-11-41-18-25/h2-5,12-17,19,25H,6-11,18,31H2,1H3/t25-,29?/m1/s1. The molecule has 6 heterocycles. The van der Waals surface area contributed by atoms with Crippen LogP contribution in [0.5, 0.6) is 0 Å². The second-order valence-electron chi connectivity index (χ2n) is 10.8. The van der Waals surface area contributed by atoms with Gasteiger partial charge in [-0.2, -0.15) is 10.2 Å². The van der Waals surface area contributed by atoms with Gasteiger partial charge < -0.3 is 20.3 Å². The van der Waals surface area contributed by atoms with Gasteiger partial charge in [0.15, 0.2) is 5.82 Å². The summed E-state index contributed by atoms with van der Waals surface area (Å²) in [5.41, 5.74) is 10.4. The molecule has 4 aromatic heterocycles. The summed E-state index contributed by atoms with van der Waals surface area (Å²) in [7, 11) is 0. The number of nitrogens with zero attached hydrogens (tertiary/aromatic N) is 9. The van der Waals surface area contributed by atoms with Gasteiger partial charge in [-0.15, -0.1) is 0 Å².